The minimum absolute atomic E-state index is 0.00354. The first kappa shape index (κ1) is 10.9. The molecule has 0 aromatic carbocycles. The summed E-state index contributed by atoms with van der Waals surface area (Å²) in [5.74, 6) is -0.0888. The van der Waals surface area contributed by atoms with Crippen LogP contribution in [0.25, 0.3) is 0 Å². The van der Waals surface area contributed by atoms with E-state index in [0.29, 0.717) is 0 Å². The molecule has 1 saturated heterocycles. The smallest absolute Gasteiger partial charge is 0.252 e. The van der Waals surface area contributed by atoms with Crippen molar-refractivity contribution in [3.63, 3.8) is 0 Å². The maximum Gasteiger partial charge on any atom is 0.252 e. The molecule has 2 heterocycles. The van der Waals surface area contributed by atoms with Crippen LogP contribution in [0.15, 0.2) is 12.4 Å². The summed E-state index contributed by atoms with van der Waals surface area (Å²) >= 11 is 0. The summed E-state index contributed by atoms with van der Waals surface area (Å²) in [6.07, 6.45) is 2.90. The Morgan fingerprint density at radius 1 is 1.62 bits per heavy atom. The average Bonchev–Trinajstić information content (AvgIpc) is 2.25. The van der Waals surface area contributed by atoms with Gasteiger partial charge in [0.25, 0.3) is 5.91 Å². The number of amides is 1. The molecule has 7 heteroatoms. The Labute approximate surface area is 92.6 Å². The van der Waals surface area contributed by atoms with Crippen LogP contribution >= 0.6 is 0 Å². The molecular formula is C9H13N5O2. The molecule has 0 aliphatic carbocycles. The molecule has 2 N–H and O–H groups in total. The number of hydrogen-bond donors (Lipinski definition) is 2. The molecule has 2 rings (SSSR count). The summed E-state index contributed by atoms with van der Waals surface area (Å²) < 4.78 is 5.45. The Balaban J connectivity index is 1.76. The topological polar surface area (TPSA) is 89.0 Å². The molecule has 0 unspecified atom stereocenters. The standard InChI is InChI=1S/C9H13N5O2/c1-9(5-10-6-9)16-4-7(15)13-8-11-2-3-12-14-8/h2-3,10H,4-6H2,1H3,(H,11,13,14,15). The lowest BCUT2D eigenvalue weighted by Gasteiger charge is -2.38. The van der Waals surface area contributed by atoms with Crippen molar-refractivity contribution in [3.8, 4) is 0 Å². The zero-order valence-corrected chi connectivity index (χ0v) is 8.93. The van der Waals surface area contributed by atoms with Gasteiger partial charge in [0, 0.05) is 13.1 Å². The van der Waals surface area contributed by atoms with Crippen LogP contribution in [0.5, 0.6) is 0 Å². The van der Waals surface area contributed by atoms with E-state index in [1.807, 2.05) is 6.92 Å². The zero-order chi connectivity index (χ0) is 11.4. The number of hydrogen-bond acceptors (Lipinski definition) is 6. The second-order valence-electron chi connectivity index (χ2n) is 3.86. The van der Waals surface area contributed by atoms with Gasteiger partial charge in [0.15, 0.2) is 0 Å². The van der Waals surface area contributed by atoms with Crippen molar-refractivity contribution in [3.05, 3.63) is 12.4 Å². The van der Waals surface area contributed by atoms with E-state index in [2.05, 4.69) is 25.8 Å². The van der Waals surface area contributed by atoms with Gasteiger partial charge in [0.05, 0.1) is 18.0 Å². The second-order valence-corrected chi connectivity index (χ2v) is 3.86. The number of nitrogens with zero attached hydrogens (tertiary/aromatic N) is 3. The Hall–Kier alpha value is -1.60. The third-order valence-corrected chi connectivity index (χ3v) is 2.28. The van der Waals surface area contributed by atoms with Crippen molar-refractivity contribution >= 4 is 11.9 Å². The lowest BCUT2D eigenvalue weighted by atomic mass is 10.0. The van der Waals surface area contributed by atoms with Crippen LogP contribution < -0.4 is 10.6 Å². The molecule has 1 aliphatic heterocycles. The van der Waals surface area contributed by atoms with Crippen molar-refractivity contribution in [2.45, 2.75) is 12.5 Å². The van der Waals surface area contributed by atoms with Gasteiger partial charge in [-0.05, 0) is 6.92 Å². The summed E-state index contributed by atoms with van der Waals surface area (Å²) in [5.41, 5.74) is -0.229. The van der Waals surface area contributed by atoms with Crippen LogP contribution in [0.4, 0.5) is 5.95 Å². The number of ether oxygens (including phenoxy) is 1. The molecule has 1 aliphatic rings. The molecule has 16 heavy (non-hydrogen) atoms. The van der Waals surface area contributed by atoms with Crippen LogP contribution in [0.2, 0.25) is 0 Å². The van der Waals surface area contributed by atoms with Gasteiger partial charge in [-0.15, -0.1) is 5.10 Å². The van der Waals surface area contributed by atoms with Crippen LogP contribution in [0.1, 0.15) is 6.92 Å². The van der Waals surface area contributed by atoms with E-state index in [1.165, 1.54) is 12.4 Å². The Bertz CT molecular complexity index is 365. The Kier molecular flexibility index (Phi) is 3.07. The van der Waals surface area contributed by atoms with E-state index in [1.54, 1.807) is 0 Å². The quantitative estimate of drug-likeness (QED) is 0.694. The lowest BCUT2D eigenvalue weighted by Crippen LogP contribution is -2.59. The maximum absolute atomic E-state index is 11.4. The van der Waals surface area contributed by atoms with Gasteiger partial charge >= 0.3 is 0 Å². The van der Waals surface area contributed by atoms with Gasteiger partial charge in [-0.3, -0.25) is 10.1 Å². The highest BCUT2D eigenvalue weighted by molar-refractivity contribution is 5.89. The largest absolute Gasteiger partial charge is 0.363 e. The van der Waals surface area contributed by atoms with Crippen molar-refractivity contribution in [1.29, 1.82) is 0 Å². The molecule has 0 atom stereocenters. The molecule has 7 nitrogen and oxygen atoms in total. The van der Waals surface area contributed by atoms with Gasteiger partial charge in [-0.25, -0.2) is 4.98 Å². The number of nitrogens with one attached hydrogen (secondary N) is 2. The van der Waals surface area contributed by atoms with Crippen molar-refractivity contribution in [1.82, 2.24) is 20.5 Å². The van der Waals surface area contributed by atoms with E-state index < -0.39 is 0 Å². The van der Waals surface area contributed by atoms with E-state index in [9.17, 15) is 4.79 Å². The van der Waals surface area contributed by atoms with Crippen molar-refractivity contribution in [2.75, 3.05) is 25.0 Å². The van der Waals surface area contributed by atoms with Gasteiger partial charge in [0.2, 0.25) is 5.95 Å². The fraction of sp³-hybridized carbons (Fsp3) is 0.556. The monoisotopic (exact) mass is 223 g/mol. The second kappa shape index (κ2) is 4.50. The third kappa shape index (κ3) is 2.71. The summed E-state index contributed by atoms with van der Waals surface area (Å²) in [7, 11) is 0. The number of anilines is 1. The first-order valence-electron chi connectivity index (χ1n) is 4.96. The van der Waals surface area contributed by atoms with Crippen molar-refractivity contribution < 1.29 is 9.53 Å². The van der Waals surface area contributed by atoms with Crippen LogP contribution in [0, 0.1) is 0 Å². The molecule has 0 saturated carbocycles. The summed E-state index contributed by atoms with van der Waals surface area (Å²) in [4.78, 5) is 15.3. The molecule has 0 bridgehead atoms. The highest BCUT2D eigenvalue weighted by atomic mass is 16.5. The van der Waals surface area contributed by atoms with E-state index >= 15 is 0 Å². The number of aromatic nitrogens is 3. The lowest BCUT2D eigenvalue weighted by molar-refractivity contribution is -0.130. The van der Waals surface area contributed by atoms with Gasteiger partial charge < -0.3 is 10.1 Å². The maximum atomic E-state index is 11.4. The number of carbonyl (C=O) groups excluding carboxylic acids is 1. The molecule has 1 aromatic rings. The minimum atomic E-state index is -0.277. The zero-order valence-electron chi connectivity index (χ0n) is 8.93. The average molecular weight is 223 g/mol. The summed E-state index contributed by atoms with van der Waals surface area (Å²) in [6, 6.07) is 0. The first-order chi connectivity index (χ1) is 7.68. The fourth-order valence-corrected chi connectivity index (χ4v) is 1.28. The minimum Gasteiger partial charge on any atom is -0.363 e. The van der Waals surface area contributed by atoms with Gasteiger partial charge in [0.1, 0.15) is 6.61 Å². The fourth-order valence-electron chi connectivity index (χ4n) is 1.28. The van der Waals surface area contributed by atoms with Gasteiger partial charge in [-0.1, -0.05) is 0 Å². The van der Waals surface area contributed by atoms with Gasteiger partial charge in [-0.2, -0.15) is 5.10 Å². The van der Waals surface area contributed by atoms with E-state index in [-0.39, 0.29) is 24.1 Å². The number of rotatable bonds is 4. The molecule has 1 fully saturated rings. The Morgan fingerprint density at radius 3 is 3.00 bits per heavy atom. The first-order valence-corrected chi connectivity index (χ1v) is 4.96. The highest BCUT2D eigenvalue weighted by Crippen LogP contribution is 2.14. The molecular weight excluding hydrogens is 210 g/mol. The SMILES string of the molecule is CC1(OCC(=O)Nc2nccnn2)CNC1. The van der Waals surface area contributed by atoms with Crippen LogP contribution in [-0.4, -0.2) is 46.4 Å². The van der Waals surface area contributed by atoms with Crippen LogP contribution in [-0.2, 0) is 9.53 Å². The summed E-state index contributed by atoms with van der Waals surface area (Å²) in [6.45, 7) is 3.49. The number of carbonyl (C=O) groups is 1. The normalized spacial score (nSPS) is 17.6. The summed E-state index contributed by atoms with van der Waals surface area (Å²) in [5, 5.41) is 12.8. The van der Waals surface area contributed by atoms with Crippen LogP contribution in [0.3, 0.4) is 0 Å². The third-order valence-electron chi connectivity index (χ3n) is 2.28. The molecule has 0 radical (unpaired) electrons. The predicted octanol–water partition coefficient (Wildman–Crippen LogP) is -0.811. The molecule has 1 amide bonds. The molecule has 1 aromatic heterocycles. The van der Waals surface area contributed by atoms with Crippen molar-refractivity contribution in [2.24, 2.45) is 0 Å². The molecule has 0 spiro atoms. The Morgan fingerprint density at radius 2 is 2.44 bits per heavy atom. The van der Waals surface area contributed by atoms with E-state index in [0.717, 1.165) is 13.1 Å². The van der Waals surface area contributed by atoms with E-state index in [4.69, 9.17) is 4.74 Å². The predicted molar refractivity (Wildman–Crippen MR) is 55.7 cm³/mol. The molecule has 86 valence electrons. The highest BCUT2D eigenvalue weighted by Gasteiger charge is 2.33.